The van der Waals surface area contributed by atoms with Gasteiger partial charge in [0.25, 0.3) is 0 Å². The number of hydrogen-bond donors (Lipinski definition) is 2. The molecule has 0 spiro atoms. The van der Waals surface area contributed by atoms with Crippen molar-refractivity contribution in [2.75, 3.05) is 19.8 Å². The maximum Gasteiger partial charge on any atom is 0.404 e. The Hall–Kier alpha value is -0.770. The molecular formula is C6H11NO3. The molecule has 0 atom stereocenters. The third kappa shape index (κ3) is 1.60. The van der Waals surface area contributed by atoms with Gasteiger partial charge in [-0.2, -0.15) is 0 Å². The average Bonchev–Trinajstić information content (AvgIpc) is 1.79. The molecule has 1 aliphatic rings. The van der Waals surface area contributed by atoms with E-state index in [0.29, 0.717) is 19.8 Å². The minimum absolute atomic E-state index is 0.0401. The van der Waals surface area contributed by atoms with Gasteiger partial charge < -0.3 is 15.2 Å². The monoisotopic (exact) mass is 145 g/mol. The zero-order valence-corrected chi connectivity index (χ0v) is 5.89. The summed E-state index contributed by atoms with van der Waals surface area (Å²) in [6, 6.07) is 0. The van der Waals surface area contributed by atoms with Crippen LogP contribution in [0.3, 0.4) is 0 Å². The fourth-order valence-corrected chi connectivity index (χ4v) is 0.842. The normalized spacial score (nSPS) is 21.3. The summed E-state index contributed by atoms with van der Waals surface area (Å²) in [6.07, 6.45) is -0.965. The van der Waals surface area contributed by atoms with Gasteiger partial charge in [0, 0.05) is 12.0 Å². The summed E-state index contributed by atoms with van der Waals surface area (Å²) in [5, 5.41) is 10.6. The van der Waals surface area contributed by atoms with Crippen molar-refractivity contribution in [3.05, 3.63) is 0 Å². The summed E-state index contributed by atoms with van der Waals surface area (Å²) >= 11 is 0. The second-order valence-electron chi connectivity index (χ2n) is 2.96. The molecule has 0 unspecified atom stereocenters. The lowest BCUT2D eigenvalue weighted by Crippen LogP contribution is -2.48. The Kier molecular flexibility index (Phi) is 1.80. The summed E-state index contributed by atoms with van der Waals surface area (Å²) in [5.41, 5.74) is 0.0401. The van der Waals surface area contributed by atoms with Crippen molar-refractivity contribution in [3.63, 3.8) is 0 Å². The Morgan fingerprint density at radius 1 is 1.80 bits per heavy atom. The minimum atomic E-state index is -0.965. The first kappa shape index (κ1) is 7.34. The third-order valence-electron chi connectivity index (χ3n) is 1.57. The highest BCUT2D eigenvalue weighted by Gasteiger charge is 2.33. The fourth-order valence-electron chi connectivity index (χ4n) is 0.842. The molecular weight excluding hydrogens is 134 g/mol. The Morgan fingerprint density at radius 2 is 2.40 bits per heavy atom. The van der Waals surface area contributed by atoms with Crippen LogP contribution in [0.1, 0.15) is 6.92 Å². The second kappa shape index (κ2) is 2.46. The first-order valence-electron chi connectivity index (χ1n) is 3.17. The standard InChI is InChI=1S/C6H11NO3/c1-6(3-10-4-6)2-7-5(8)9/h7H,2-4H2,1H3,(H,8,9). The van der Waals surface area contributed by atoms with Crippen molar-refractivity contribution in [2.24, 2.45) is 5.41 Å². The van der Waals surface area contributed by atoms with Crippen LogP contribution in [-0.2, 0) is 4.74 Å². The lowest BCUT2D eigenvalue weighted by atomic mass is 9.89. The Morgan fingerprint density at radius 3 is 2.70 bits per heavy atom. The summed E-state index contributed by atoms with van der Waals surface area (Å²) in [5.74, 6) is 0. The molecule has 4 heteroatoms. The molecule has 0 bridgehead atoms. The van der Waals surface area contributed by atoms with Gasteiger partial charge in [0.15, 0.2) is 0 Å². The van der Waals surface area contributed by atoms with Crippen LogP contribution >= 0.6 is 0 Å². The second-order valence-corrected chi connectivity index (χ2v) is 2.96. The molecule has 1 amide bonds. The van der Waals surface area contributed by atoms with Gasteiger partial charge in [0.05, 0.1) is 13.2 Å². The molecule has 4 nitrogen and oxygen atoms in total. The van der Waals surface area contributed by atoms with Crippen LogP contribution < -0.4 is 5.32 Å². The summed E-state index contributed by atoms with van der Waals surface area (Å²) in [4.78, 5) is 10.0. The zero-order chi connectivity index (χ0) is 7.61. The van der Waals surface area contributed by atoms with Gasteiger partial charge in [-0.15, -0.1) is 0 Å². The van der Waals surface area contributed by atoms with Crippen molar-refractivity contribution in [2.45, 2.75) is 6.92 Å². The van der Waals surface area contributed by atoms with Gasteiger partial charge in [-0.1, -0.05) is 6.92 Å². The van der Waals surface area contributed by atoms with Gasteiger partial charge in [-0.05, 0) is 0 Å². The molecule has 1 heterocycles. The van der Waals surface area contributed by atoms with E-state index in [-0.39, 0.29) is 5.41 Å². The third-order valence-corrected chi connectivity index (χ3v) is 1.57. The van der Waals surface area contributed by atoms with Crippen LogP contribution in [0.2, 0.25) is 0 Å². The maximum atomic E-state index is 10.0. The van der Waals surface area contributed by atoms with E-state index in [0.717, 1.165) is 0 Å². The average molecular weight is 145 g/mol. The highest BCUT2D eigenvalue weighted by atomic mass is 16.5. The highest BCUT2D eigenvalue weighted by Crippen LogP contribution is 2.24. The lowest BCUT2D eigenvalue weighted by Gasteiger charge is -2.37. The van der Waals surface area contributed by atoms with Crippen LogP contribution in [0.5, 0.6) is 0 Å². The largest absolute Gasteiger partial charge is 0.465 e. The first-order chi connectivity index (χ1) is 4.62. The topological polar surface area (TPSA) is 58.6 Å². The summed E-state index contributed by atoms with van der Waals surface area (Å²) < 4.78 is 4.94. The quantitative estimate of drug-likeness (QED) is 0.587. The van der Waals surface area contributed by atoms with Crippen LogP contribution in [0.15, 0.2) is 0 Å². The smallest absolute Gasteiger partial charge is 0.404 e. The zero-order valence-electron chi connectivity index (χ0n) is 5.89. The number of carbonyl (C=O) groups is 1. The summed E-state index contributed by atoms with van der Waals surface area (Å²) in [7, 11) is 0. The van der Waals surface area contributed by atoms with Crippen LogP contribution in [0, 0.1) is 5.41 Å². The number of nitrogens with one attached hydrogen (secondary N) is 1. The molecule has 0 radical (unpaired) electrons. The molecule has 0 saturated carbocycles. The van der Waals surface area contributed by atoms with Crippen molar-refractivity contribution < 1.29 is 14.6 Å². The number of amides is 1. The molecule has 10 heavy (non-hydrogen) atoms. The Bertz CT molecular complexity index is 142. The molecule has 0 aromatic carbocycles. The van der Waals surface area contributed by atoms with Crippen molar-refractivity contribution in [1.29, 1.82) is 0 Å². The van der Waals surface area contributed by atoms with Gasteiger partial charge in [-0.3, -0.25) is 0 Å². The van der Waals surface area contributed by atoms with Gasteiger partial charge in [0.1, 0.15) is 0 Å². The SMILES string of the molecule is CC1(CNC(=O)O)COC1. The lowest BCUT2D eigenvalue weighted by molar-refractivity contribution is -0.0980. The van der Waals surface area contributed by atoms with E-state index in [1.165, 1.54) is 0 Å². The Labute approximate surface area is 59.2 Å². The van der Waals surface area contributed by atoms with Crippen molar-refractivity contribution in [1.82, 2.24) is 5.32 Å². The van der Waals surface area contributed by atoms with Gasteiger partial charge in [-0.25, -0.2) is 4.79 Å². The van der Waals surface area contributed by atoms with Gasteiger partial charge >= 0.3 is 6.09 Å². The maximum absolute atomic E-state index is 10.0. The summed E-state index contributed by atoms with van der Waals surface area (Å²) in [6.45, 7) is 3.80. The van der Waals surface area contributed by atoms with E-state index in [9.17, 15) is 4.79 Å². The van der Waals surface area contributed by atoms with Crippen molar-refractivity contribution >= 4 is 6.09 Å². The molecule has 1 fully saturated rings. The predicted molar refractivity (Wildman–Crippen MR) is 35.0 cm³/mol. The fraction of sp³-hybridized carbons (Fsp3) is 0.833. The van der Waals surface area contributed by atoms with Crippen LogP contribution in [-0.4, -0.2) is 31.0 Å². The number of rotatable bonds is 2. The highest BCUT2D eigenvalue weighted by molar-refractivity contribution is 5.64. The van der Waals surface area contributed by atoms with E-state index in [2.05, 4.69) is 5.32 Å². The molecule has 1 saturated heterocycles. The van der Waals surface area contributed by atoms with E-state index >= 15 is 0 Å². The number of carboxylic acid groups (broad SMARTS) is 1. The van der Waals surface area contributed by atoms with Crippen LogP contribution in [0.4, 0.5) is 4.79 Å². The molecule has 0 aromatic heterocycles. The van der Waals surface area contributed by atoms with E-state index in [4.69, 9.17) is 9.84 Å². The van der Waals surface area contributed by atoms with Crippen molar-refractivity contribution in [3.8, 4) is 0 Å². The first-order valence-corrected chi connectivity index (χ1v) is 3.17. The molecule has 1 aliphatic heterocycles. The molecule has 1 rings (SSSR count). The minimum Gasteiger partial charge on any atom is -0.465 e. The number of hydrogen-bond acceptors (Lipinski definition) is 2. The molecule has 58 valence electrons. The molecule has 0 aliphatic carbocycles. The Balaban J connectivity index is 2.18. The van der Waals surface area contributed by atoms with Gasteiger partial charge in [0.2, 0.25) is 0 Å². The van der Waals surface area contributed by atoms with E-state index in [1.54, 1.807) is 0 Å². The predicted octanol–water partition coefficient (Wildman–Crippen LogP) is 0.291. The number of ether oxygens (including phenoxy) is 1. The van der Waals surface area contributed by atoms with E-state index < -0.39 is 6.09 Å². The molecule has 0 aromatic rings. The van der Waals surface area contributed by atoms with Crippen LogP contribution in [0.25, 0.3) is 0 Å². The molecule has 2 N–H and O–H groups in total. The van der Waals surface area contributed by atoms with E-state index in [1.807, 2.05) is 6.92 Å².